The van der Waals surface area contributed by atoms with Gasteiger partial charge in [-0.25, -0.2) is 4.39 Å². The molecule has 0 aliphatic heterocycles. The molecule has 36 heavy (non-hydrogen) atoms. The lowest BCUT2D eigenvalue weighted by atomic mass is 9.96. The molecule has 0 aliphatic carbocycles. The zero-order chi connectivity index (χ0) is 26.2. The number of allylic oxidation sites excluding steroid dienone is 4. The summed E-state index contributed by atoms with van der Waals surface area (Å²) in [6, 6.07) is 11.2. The molecule has 4 aromatic rings. The van der Waals surface area contributed by atoms with Gasteiger partial charge in [-0.15, -0.1) is 0 Å². The molecule has 0 bridgehead atoms. The van der Waals surface area contributed by atoms with Gasteiger partial charge in [-0.1, -0.05) is 18.2 Å². The van der Waals surface area contributed by atoms with Crippen molar-refractivity contribution < 1.29 is 18.4 Å². The van der Waals surface area contributed by atoms with E-state index in [9.17, 15) is 14.0 Å². The molecule has 0 aliphatic rings. The highest BCUT2D eigenvalue weighted by Gasteiger charge is 2.25. The van der Waals surface area contributed by atoms with E-state index in [0.717, 1.165) is 22.0 Å². The van der Waals surface area contributed by atoms with E-state index in [4.69, 9.17) is 4.42 Å². The van der Waals surface area contributed by atoms with E-state index in [1.807, 2.05) is 57.3 Å². The Kier molecular flexibility index (Phi) is 6.59. The van der Waals surface area contributed by atoms with Gasteiger partial charge >= 0.3 is 0 Å². The SMILES string of the molecule is CNC(=O)c1c(/C(C)=C/C=C(\C)F)oc2c1cc(-c1cccc(C(=O)NC(C)(C)C)c1)c1[nH]ccc12. The molecule has 0 saturated heterocycles. The van der Waals surface area contributed by atoms with Gasteiger partial charge in [-0.05, 0) is 76.1 Å². The van der Waals surface area contributed by atoms with Crippen molar-refractivity contribution in [1.29, 1.82) is 0 Å². The van der Waals surface area contributed by atoms with Gasteiger partial charge in [-0.2, -0.15) is 0 Å². The standard InChI is InChI=1S/C29H30FN3O3/c1-16(10-11-17(2)30)25-23(28(35)31-6)22-15-21(24-20(12-13-32-24)26(22)36-25)18-8-7-9-19(14-18)27(34)33-29(3,4)5/h7-15,32H,1-6H3,(H,31,35)(H,33,34)/b16-10+,17-11+. The lowest BCUT2D eigenvalue weighted by Crippen LogP contribution is -2.40. The van der Waals surface area contributed by atoms with Gasteiger partial charge in [0.1, 0.15) is 11.3 Å². The number of aromatic amines is 1. The van der Waals surface area contributed by atoms with E-state index in [0.29, 0.717) is 33.4 Å². The Morgan fingerprint density at radius 1 is 1.03 bits per heavy atom. The van der Waals surface area contributed by atoms with Gasteiger partial charge in [0.25, 0.3) is 11.8 Å². The predicted octanol–water partition coefficient (Wildman–Crippen LogP) is 6.75. The number of rotatable bonds is 5. The Hall–Kier alpha value is -4.13. The minimum absolute atomic E-state index is 0.165. The van der Waals surface area contributed by atoms with E-state index in [-0.39, 0.29) is 23.2 Å². The third-order valence-electron chi connectivity index (χ3n) is 5.79. The van der Waals surface area contributed by atoms with Crippen molar-refractivity contribution >= 4 is 39.3 Å². The van der Waals surface area contributed by atoms with Crippen molar-refractivity contribution in [1.82, 2.24) is 15.6 Å². The summed E-state index contributed by atoms with van der Waals surface area (Å²) >= 11 is 0. The van der Waals surface area contributed by atoms with Gasteiger partial charge in [0.2, 0.25) is 0 Å². The van der Waals surface area contributed by atoms with Crippen LogP contribution in [-0.2, 0) is 0 Å². The number of halogens is 1. The third-order valence-corrected chi connectivity index (χ3v) is 5.79. The minimum atomic E-state index is -0.365. The maximum Gasteiger partial charge on any atom is 0.255 e. The Morgan fingerprint density at radius 2 is 1.78 bits per heavy atom. The Bertz CT molecular complexity index is 1540. The van der Waals surface area contributed by atoms with Gasteiger partial charge in [0, 0.05) is 40.7 Å². The Labute approximate surface area is 209 Å². The molecule has 0 saturated carbocycles. The van der Waals surface area contributed by atoms with Crippen LogP contribution in [0.25, 0.3) is 38.6 Å². The number of benzene rings is 2. The zero-order valence-corrected chi connectivity index (χ0v) is 21.3. The highest BCUT2D eigenvalue weighted by molar-refractivity contribution is 6.18. The number of hydrogen-bond donors (Lipinski definition) is 3. The Morgan fingerprint density at radius 3 is 2.44 bits per heavy atom. The van der Waals surface area contributed by atoms with Crippen LogP contribution >= 0.6 is 0 Å². The summed E-state index contributed by atoms with van der Waals surface area (Å²) in [5.41, 5.74) is 4.18. The van der Waals surface area contributed by atoms with Gasteiger partial charge in [-0.3, -0.25) is 9.59 Å². The number of nitrogens with one attached hydrogen (secondary N) is 3. The second-order valence-corrected chi connectivity index (χ2v) is 9.84. The fourth-order valence-corrected chi connectivity index (χ4v) is 4.19. The number of aromatic nitrogens is 1. The molecule has 2 heterocycles. The van der Waals surface area contributed by atoms with E-state index in [2.05, 4.69) is 15.6 Å². The first-order chi connectivity index (χ1) is 17.0. The van der Waals surface area contributed by atoms with Crippen LogP contribution in [0.1, 0.15) is 61.1 Å². The van der Waals surface area contributed by atoms with Crippen LogP contribution in [0.3, 0.4) is 0 Å². The molecule has 6 nitrogen and oxygen atoms in total. The van der Waals surface area contributed by atoms with E-state index >= 15 is 0 Å². The first-order valence-corrected chi connectivity index (χ1v) is 11.7. The smallest absolute Gasteiger partial charge is 0.255 e. The molecule has 0 atom stereocenters. The fourth-order valence-electron chi connectivity index (χ4n) is 4.19. The number of carbonyl (C=O) groups excluding carboxylic acids is 2. The summed E-state index contributed by atoms with van der Waals surface area (Å²) in [4.78, 5) is 29.1. The number of amides is 2. The van der Waals surface area contributed by atoms with Crippen LogP contribution in [0.2, 0.25) is 0 Å². The lowest BCUT2D eigenvalue weighted by Gasteiger charge is -2.20. The van der Waals surface area contributed by atoms with Crippen molar-refractivity contribution in [3.05, 3.63) is 77.5 Å². The maximum absolute atomic E-state index is 13.4. The molecule has 0 spiro atoms. The molecule has 2 aromatic carbocycles. The molecule has 2 amide bonds. The summed E-state index contributed by atoms with van der Waals surface area (Å²) in [7, 11) is 1.56. The predicted molar refractivity (Wildman–Crippen MR) is 143 cm³/mol. The normalized spacial score (nSPS) is 12.9. The topological polar surface area (TPSA) is 87.1 Å². The molecule has 186 valence electrons. The first-order valence-electron chi connectivity index (χ1n) is 11.7. The van der Waals surface area contributed by atoms with E-state index < -0.39 is 0 Å². The quantitative estimate of drug-likeness (QED) is 0.272. The van der Waals surface area contributed by atoms with Crippen molar-refractivity contribution in [3.8, 4) is 11.1 Å². The minimum Gasteiger partial charge on any atom is -0.455 e. The van der Waals surface area contributed by atoms with Gasteiger partial charge in [0.05, 0.1) is 16.9 Å². The Balaban J connectivity index is 1.97. The number of fused-ring (bicyclic) bond motifs is 3. The van der Waals surface area contributed by atoms with Crippen LogP contribution < -0.4 is 10.6 Å². The molecule has 0 radical (unpaired) electrons. The van der Waals surface area contributed by atoms with Crippen LogP contribution in [0.5, 0.6) is 0 Å². The zero-order valence-electron chi connectivity index (χ0n) is 21.3. The monoisotopic (exact) mass is 487 g/mol. The van der Waals surface area contributed by atoms with Crippen LogP contribution in [0.15, 0.2) is 65.0 Å². The number of H-pyrrole nitrogens is 1. The first kappa shape index (κ1) is 25.0. The number of carbonyl (C=O) groups is 2. The largest absolute Gasteiger partial charge is 0.455 e. The van der Waals surface area contributed by atoms with E-state index in [1.54, 1.807) is 26.1 Å². The molecule has 0 fully saturated rings. The summed E-state index contributed by atoms with van der Waals surface area (Å²) < 4.78 is 19.6. The van der Waals surface area contributed by atoms with Crippen molar-refractivity contribution in [2.45, 2.75) is 40.2 Å². The highest BCUT2D eigenvalue weighted by atomic mass is 19.1. The highest BCUT2D eigenvalue weighted by Crippen LogP contribution is 2.40. The van der Waals surface area contributed by atoms with Crippen LogP contribution in [0, 0.1) is 0 Å². The molecule has 7 heteroatoms. The average molecular weight is 488 g/mol. The fraction of sp³-hybridized carbons (Fsp3) is 0.241. The maximum atomic E-state index is 13.4. The molecule has 2 aromatic heterocycles. The summed E-state index contributed by atoms with van der Waals surface area (Å²) in [5, 5.41) is 7.11. The summed E-state index contributed by atoms with van der Waals surface area (Å²) in [6.45, 7) is 8.93. The molecule has 0 unspecified atom stereocenters. The molecular weight excluding hydrogens is 457 g/mol. The lowest BCUT2D eigenvalue weighted by molar-refractivity contribution is 0.0918. The number of hydrogen-bond acceptors (Lipinski definition) is 3. The second-order valence-electron chi connectivity index (χ2n) is 9.84. The second kappa shape index (κ2) is 9.49. The van der Waals surface area contributed by atoms with Crippen molar-refractivity contribution in [2.75, 3.05) is 7.05 Å². The molecule has 3 N–H and O–H groups in total. The van der Waals surface area contributed by atoms with Crippen molar-refractivity contribution in [2.24, 2.45) is 0 Å². The average Bonchev–Trinajstić information content (AvgIpc) is 3.45. The summed E-state index contributed by atoms with van der Waals surface area (Å²) in [6.07, 6.45) is 4.73. The van der Waals surface area contributed by atoms with Crippen LogP contribution in [0.4, 0.5) is 4.39 Å². The van der Waals surface area contributed by atoms with Crippen LogP contribution in [-0.4, -0.2) is 29.4 Å². The number of furan rings is 1. The van der Waals surface area contributed by atoms with Crippen molar-refractivity contribution in [3.63, 3.8) is 0 Å². The molecule has 4 rings (SSSR count). The third kappa shape index (κ3) is 4.82. The molecular formula is C29H30FN3O3. The van der Waals surface area contributed by atoms with Gasteiger partial charge in [0.15, 0.2) is 0 Å². The summed E-state index contributed by atoms with van der Waals surface area (Å²) in [5.74, 6) is -0.448. The van der Waals surface area contributed by atoms with E-state index in [1.165, 1.54) is 13.0 Å². The van der Waals surface area contributed by atoms with Gasteiger partial charge < -0.3 is 20.0 Å².